The van der Waals surface area contributed by atoms with Gasteiger partial charge in [0, 0.05) is 24.8 Å². The number of halogens is 1. The zero-order chi connectivity index (χ0) is 13.1. The summed E-state index contributed by atoms with van der Waals surface area (Å²) in [5.41, 5.74) is 1.27. The minimum atomic E-state index is 0.580. The number of aromatic nitrogens is 1. The van der Waals surface area contributed by atoms with Crippen molar-refractivity contribution in [1.29, 1.82) is 0 Å². The number of nitrogens with zero attached hydrogens (tertiary/aromatic N) is 2. The fourth-order valence-electron chi connectivity index (χ4n) is 3.44. The van der Waals surface area contributed by atoms with Gasteiger partial charge in [-0.15, -0.1) is 0 Å². The molecule has 2 saturated heterocycles. The van der Waals surface area contributed by atoms with Crippen molar-refractivity contribution in [3.63, 3.8) is 0 Å². The Bertz CT molecular complexity index is 400. The first-order chi connectivity index (χ1) is 9.33. The third-order valence-electron chi connectivity index (χ3n) is 4.40. The van der Waals surface area contributed by atoms with Gasteiger partial charge in [-0.1, -0.05) is 24.1 Å². The van der Waals surface area contributed by atoms with E-state index in [0.29, 0.717) is 17.2 Å². The Labute approximate surface area is 120 Å². The SMILES string of the molecule is Clc1ccc(CN2CCCCC2C2CCCN2)cn1. The maximum atomic E-state index is 5.85. The van der Waals surface area contributed by atoms with Crippen LogP contribution in [0.4, 0.5) is 0 Å². The van der Waals surface area contributed by atoms with Gasteiger partial charge in [0.05, 0.1) is 0 Å². The van der Waals surface area contributed by atoms with Crippen molar-refractivity contribution in [1.82, 2.24) is 15.2 Å². The van der Waals surface area contributed by atoms with E-state index in [1.807, 2.05) is 12.3 Å². The summed E-state index contributed by atoms with van der Waals surface area (Å²) in [6.07, 6.45) is 8.61. The second kappa shape index (κ2) is 6.21. The van der Waals surface area contributed by atoms with Gasteiger partial charge in [0.15, 0.2) is 0 Å². The van der Waals surface area contributed by atoms with E-state index in [2.05, 4.69) is 21.3 Å². The minimum Gasteiger partial charge on any atom is -0.312 e. The zero-order valence-electron chi connectivity index (χ0n) is 11.3. The lowest BCUT2D eigenvalue weighted by molar-refractivity contribution is 0.112. The summed E-state index contributed by atoms with van der Waals surface area (Å²) < 4.78 is 0. The van der Waals surface area contributed by atoms with Gasteiger partial charge in [-0.05, 0) is 50.4 Å². The van der Waals surface area contributed by atoms with Gasteiger partial charge in [-0.25, -0.2) is 4.98 Å². The molecule has 2 aliphatic rings. The molecule has 0 saturated carbocycles. The van der Waals surface area contributed by atoms with E-state index in [1.165, 1.54) is 50.8 Å². The first kappa shape index (κ1) is 13.3. The van der Waals surface area contributed by atoms with E-state index in [9.17, 15) is 0 Å². The topological polar surface area (TPSA) is 28.2 Å². The molecule has 3 nitrogen and oxygen atoms in total. The second-order valence-electron chi connectivity index (χ2n) is 5.73. The Morgan fingerprint density at radius 2 is 2.21 bits per heavy atom. The number of piperidine rings is 1. The van der Waals surface area contributed by atoms with Crippen LogP contribution in [0.15, 0.2) is 18.3 Å². The number of nitrogens with one attached hydrogen (secondary N) is 1. The molecule has 3 rings (SSSR count). The van der Waals surface area contributed by atoms with E-state index in [4.69, 9.17) is 11.6 Å². The fraction of sp³-hybridized carbons (Fsp3) is 0.667. The van der Waals surface area contributed by atoms with Crippen LogP contribution < -0.4 is 5.32 Å². The van der Waals surface area contributed by atoms with Crippen LogP contribution >= 0.6 is 11.6 Å². The normalized spacial score (nSPS) is 28.7. The fourth-order valence-corrected chi connectivity index (χ4v) is 3.55. The summed E-state index contributed by atoms with van der Waals surface area (Å²) in [6.45, 7) is 3.41. The number of likely N-dealkylation sites (tertiary alicyclic amines) is 1. The van der Waals surface area contributed by atoms with Gasteiger partial charge in [0.2, 0.25) is 0 Å². The Hall–Kier alpha value is -0.640. The van der Waals surface area contributed by atoms with Crippen molar-refractivity contribution in [2.45, 2.75) is 50.7 Å². The van der Waals surface area contributed by atoms with E-state index < -0.39 is 0 Å². The first-order valence-corrected chi connectivity index (χ1v) is 7.78. The predicted octanol–water partition coefficient (Wildman–Crippen LogP) is 2.84. The van der Waals surface area contributed by atoms with Crippen LogP contribution in [0.5, 0.6) is 0 Å². The summed E-state index contributed by atoms with van der Waals surface area (Å²) >= 11 is 5.85. The maximum absolute atomic E-state index is 5.85. The average molecular weight is 280 g/mol. The molecule has 0 amide bonds. The van der Waals surface area contributed by atoms with Crippen molar-refractivity contribution in [3.05, 3.63) is 29.0 Å². The largest absolute Gasteiger partial charge is 0.312 e. The van der Waals surface area contributed by atoms with Crippen molar-refractivity contribution in [2.24, 2.45) is 0 Å². The van der Waals surface area contributed by atoms with Crippen LogP contribution in [0.2, 0.25) is 5.15 Å². The number of pyridine rings is 1. The van der Waals surface area contributed by atoms with E-state index in [1.54, 1.807) is 0 Å². The number of hydrogen-bond donors (Lipinski definition) is 1. The molecule has 0 aromatic carbocycles. The molecule has 0 radical (unpaired) electrons. The summed E-state index contributed by atoms with van der Waals surface area (Å²) in [5, 5.41) is 4.25. The summed E-state index contributed by atoms with van der Waals surface area (Å²) in [6, 6.07) is 5.39. The third kappa shape index (κ3) is 3.28. The number of hydrogen-bond acceptors (Lipinski definition) is 3. The molecule has 1 N–H and O–H groups in total. The van der Waals surface area contributed by atoms with Crippen molar-refractivity contribution in [3.8, 4) is 0 Å². The summed E-state index contributed by atoms with van der Waals surface area (Å²) in [4.78, 5) is 6.83. The molecule has 0 aliphatic carbocycles. The lowest BCUT2D eigenvalue weighted by Gasteiger charge is -2.39. The first-order valence-electron chi connectivity index (χ1n) is 7.41. The van der Waals surface area contributed by atoms with Gasteiger partial charge in [-0.2, -0.15) is 0 Å². The van der Waals surface area contributed by atoms with E-state index in [0.717, 1.165) is 6.54 Å². The Morgan fingerprint density at radius 3 is 2.95 bits per heavy atom. The highest BCUT2D eigenvalue weighted by molar-refractivity contribution is 6.29. The van der Waals surface area contributed by atoms with E-state index in [-0.39, 0.29) is 0 Å². The van der Waals surface area contributed by atoms with Crippen molar-refractivity contribution < 1.29 is 0 Å². The average Bonchev–Trinajstić information content (AvgIpc) is 2.96. The highest BCUT2D eigenvalue weighted by atomic mass is 35.5. The van der Waals surface area contributed by atoms with Crippen LogP contribution in [0, 0.1) is 0 Å². The van der Waals surface area contributed by atoms with Gasteiger partial charge in [0.1, 0.15) is 5.15 Å². The quantitative estimate of drug-likeness (QED) is 0.863. The molecule has 2 unspecified atom stereocenters. The maximum Gasteiger partial charge on any atom is 0.129 e. The Balaban J connectivity index is 1.67. The molecule has 3 heterocycles. The van der Waals surface area contributed by atoms with Crippen LogP contribution in [0.1, 0.15) is 37.7 Å². The molecule has 2 aliphatic heterocycles. The lowest BCUT2D eigenvalue weighted by Crippen LogP contribution is -2.49. The van der Waals surface area contributed by atoms with Gasteiger partial charge in [-0.3, -0.25) is 4.90 Å². The van der Waals surface area contributed by atoms with Gasteiger partial charge >= 0.3 is 0 Å². The van der Waals surface area contributed by atoms with Gasteiger partial charge < -0.3 is 5.32 Å². The molecule has 19 heavy (non-hydrogen) atoms. The molecule has 0 bridgehead atoms. The molecule has 1 aromatic rings. The molecule has 0 spiro atoms. The summed E-state index contributed by atoms with van der Waals surface area (Å²) in [5.74, 6) is 0. The van der Waals surface area contributed by atoms with Crippen molar-refractivity contribution >= 4 is 11.6 Å². The van der Waals surface area contributed by atoms with E-state index >= 15 is 0 Å². The predicted molar refractivity (Wildman–Crippen MR) is 78.3 cm³/mol. The molecule has 104 valence electrons. The third-order valence-corrected chi connectivity index (χ3v) is 4.63. The Morgan fingerprint density at radius 1 is 1.26 bits per heavy atom. The highest BCUT2D eigenvalue weighted by Crippen LogP contribution is 2.25. The van der Waals surface area contributed by atoms with Crippen LogP contribution in [0.3, 0.4) is 0 Å². The van der Waals surface area contributed by atoms with Crippen LogP contribution in [0.25, 0.3) is 0 Å². The van der Waals surface area contributed by atoms with Crippen LogP contribution in [-0.4, -0.2) is 35.1 Å². The van der Waals surface area contributed by atoms with Crippen molar-refractivity contribution in [2.75, 3.05) is 13.1 Å². The minimum absolute atomic E-state index is 0.580. The zero-order valence-corrected chi connectivity index (χ0v) is 12.1. The number of rotatable bonds is 3. The smallest absolute Gasteiger partial charge is 0.129 e. The standard InChI is InChI=1S/C15H22ClN3/c16-15-7-6-12(10-18-15)11-19-9-2-1-5-14(19)13-4-3-8-17-13/h6-7,10,13-14,17H,1-5,8-9,11H2. The molecule has 2 fully saturated rings. The molecular weight excluding hydrogens is 258 g/mol. The lowest BCUT2D eigenvalue weighted by atomic mass is 9.94. The van der Waals surface area contributed by atoms with Crippen LogP contribution in [-0.2, 0) is 6.54 Å². The monoisotopic (exact) mass is 279 g/mol. The molecule has 4 heteroatoms. The molecule has 2 atom stereocenters. The second-order valence-corrected chi connectivity index (χ2v) is 6.11. The summed E-state index contributed by atoms with van der Waals surface area (Å²) in [7, 11) is 0. The van der Waals surface area contributed by atoms with Gasteiger partial charge in [0.25, 0.3) is 0 Å². The molecular formula is C15H22ClN3. The highest BCUT2D eigenvalue weighted by Gasteiger charge is 2.31. The Kier molecular flexibility index (Phi) is 4.36. The molecule has 1 aromatic heterocycles.